The number of hydrogen-bond acceptors (Lipinski definition) is 4. The summed E-state index contributed by atoms with van der Waals surface area (Å²) >= 11 is 0. The number of ether oxygens (including phenoxy) is 1. The van der Waals surface area contributed by atoms with Gasteiger partial charge in [0.15, 0.2) is 0 Å². The summed E-state index contributed by atoms with van der Waals surface area (Å²) in [6.07, 6.45) is 2.75. The molecule has 1 rings (SSSR count). The minimum atomic E-state index is -0.800. The van der Waals surface area contributed by atoms with E-state index in [-0.39, 0.29) is 0 Å². The third kappa shape index (κ3) is 4.23. The van der Waals surface area contributed by atoms with Gasteiger partial charge in [-0.25, -0.2) is 0 Å². The molecule has 1 aliphatic rings. The van der Waals surface area contributed by atoms with E-state index in [1.54, 1.807) is 21.1 Å². The van der Waals surface area contributed by atoms with Crippen LogP contribution in [0.15, 0.2) is 0 Å². The molecular weight excluding hydrogens is 232 g/mol. The van der Waals surface area contributed by atoms with Gasteiger partial charge < -0.3 is 20.1 Å². The zero-order chi connectivity index (χ0) is 13.6. The van der Waals surface area contributed by atoms with Gasteiger partial charge in [-0.15, -0.1) is 0 Å². The summed E-state index contributed by atoms with van der Waals surface area (Å²) in [5, 5.41) is 12.0. The Labute approximate surface area is 109 Å². The number of methoxy groups -OCH3 is 1. The van der Waals surface area contributed by atoms with Crippen LogP contribution in [-0.4, -0.2) is 61.9 Å². The quantitative estimate of drug-likeness (QED) is 0.674. The first-order valence-electron chi connectivity index (χ1n) is 6.65. The van der Waals surface area contributed by atoms with Crippen molar-refractivity contribution in [1.82, 2.24) is 10.2 Å². The number of carboxylic acid groups (broad SMARTS) is 1. The van der Waals surface area contributed by atoms with Crippen LogP contribution in [0, 0.1) is 5.92 Å². The molecule has 0 aromatic rings. The molecule has 1 fully saturated rings. The van der Waals surface area contributed by atoms with E-state index in [1.807, 2.05) is 0 Å². The Bertz CT molecular complexity index is 273. The molecule has 0 bridgehead atoms. The van der Waals surface area contributed by atoms with E-state index in [0.717, 1.165) is 32.7 Å². The monoisotopic (exact) mass is 258 g/mol. The fourth-order valence-corrected chi connectivity index (χ4v) is 2.48. The lowest BCUT2D eigenvalue weighted by Gasteiger charge is -2.25. The molecule has 2 atom stereocenters. The van der Waals surface area contributed by atoms with Crippen LogP contribution < -0.4 is 5.32 Å². The smallest absolute Gasteiger partial charge is 0.323 e. The number of carboxylic acids is 1. The fraction of sp³-hybridized carbons (Fsp3) is 0.923. The molecule has 5 nitrogen and oxygen atoms in total. The van der Waals surface area contributed by atoms with Crippen LogP contribution >= 0.6 is 0 Å². The maximum atomic E-state index is 11.1. The maximum absolute atomic E-state index is 11.1. The standard InChI is InChI=1S/C13H26N2O3/c1-13(14-2,12(16)17)6-4-7-15-8-5-11(9-15)10-18-3/h11,14H,4-10H2,1-3H3,(H,16,17). The van der Waals surface area contributed by atoms with Crippen molar-refractivity contribution in [3.63, 3.8) is 0 Å². The predicted octanol–water partition coefficient (Wildman–Crippen LogP) is 0.798. The molecule has 1 heterocycles. The topological polar surface area (TPSA) is 61.8 Å². The molecular formula is C13H26N2O3. The van der Waals surface area contributed by atoms with Gasteiger partial charge in [-0.3, -0.25) is 4.79 Å². The number of aliphatic carboxylic acids is 1. The van der Waals surface area contributed by atoms with E-state index in [9.17, 15) is 4.79 Å². The van der Waals surface area contributed by atoms with Gasteiger partial charge in [0.05, 0.1) is 6.61 Å². The summed E-state index contributed by atoms with van der Waals surface area (Å²) in [5.41, 5.74) is -0.800. The Morgan fingerprint density at radius 2 is 2.33 bits per heavy atom. The van der Waals surface area contributed by atoms with Gasteiger partial charge in [0.25, 0.3) is 0 Å². The summed E-state index contributed by atoms with van der Waals surface area (Å²) in [7, 11) is 3.45. The van der Waals surface area contributed by atoms with Crippen LogP contribution in [0.1, 0.15) is 26.2 Å². The van der Waals surface area contributed by atoms with Gasteiger partial charge in [-0.1, -0.05) is 0 Å². The zero-order valence-corrected chi connectivity index (χ0v) is 11.7. The van der Waals surface area contributed by atoms with Crippen molar-refractivity contribution in [2.45, 2.75) is 31.7 Å². The van der Waals surface area contributed by atoms with E-state index < -0.39 is 11.5 Å². The number of nitrogens with one attached hydrogen (secondary N) is 1. The van der Waals surface area contributed by atoms with Gasteiger partial charge in [-0.05, 0) is 52.2 Å². The summed E-state index contributed by atoms with van der Waals surface area (Å²) in [6, 6.07) is 0. The number of carbonyl (C=O) groups is 1. The number of nitrogens with zero attached hydrogens (tertiary/aromatic N) is 1. The normalized spacial score (nSPS) is 24.1. The van der Waals surface area contributed by atoms with Gasteiger partial charge in [-0.2, -0.15) is 0 Å². The molecule has 0 spiro atoms. The Hall–Kier alpha value is -0.650. The molecule has 1 aliphatic heterocycles. The minimum absolute atomic E-state index is 0.644. The van der Waals surface area contributed by atoms with Crippen molar-refractivity contribution in [2.75, 3.05) is 40.4 Å². The molecule has 106 valence electrons. The second kappa shape index (κ2) is 7.07. The third-order valence-electron chi connectivity index (χ3n) is 3.95. The van der Waals surface area contributed by atoms with E-state index in [1.165, 1.54) is 6.42 Å². The van der Waals surface area contributed by atoms with Crippen LogP contribution in [0.4, 0.5) is 0 Å². The predicted molar refractivity (Wildman–Crippen MR) is 70.8 cm³/mol. The number of hydrogen-bond donors (Lipinski definition) is 2. The number of likely N-dealkylation sites (N-methyl/N-ethyl adjacent to an activating group) is 1. The SMILES string of the molecule is CNC(C)(CCCN1CCC(COC)C1)C(=O)O. The van der Waals surface area contributed by atoms with Crippen molar-refractivity contribution in [1.29, 1.82) is 0 Å². The highest BCUT2D eigenvalue weighted by atomic mass is 16.5. The molecule has 5 heteroatoms. The Morgan fingerprint density at radius 3 is 2.89 bits per heavy atom. The molecule has 0 aromatic carbocycles. The van der Waals surface area contributed by atoms with Crippen molar-refractivity contribution >= 4 is 5.97 Å². The van der Waals surface area contributed by atoms with Crippen LogP contribution in [0.5, 0.6) is 0 Å². The van der Waals surface area contributed by atoms with E-state index in [4.69, 9.17) is 9.84 Å². The van der Waals surface area contributed by atoms with Crippen LogP contribution in [0.2, 0.25) is 0 Å². The lowest BCUT2D eigenvalue weighted by molar-refractivity contribution is -0.144. The Balaban J connectivity index is 2.24. The fourth-order valence-electron chi connectivity index (χ4n) is 2.48. The molecule has 18 heavy (non-hydrogen) atoms. The highest BCUT2D eigenvalue weighted by Crippen LogP contribution is 2.18. The molecule has 1 saturated heterocycles. The second-order valence-corrected chi connectivity index (χ2v) is 5.40. The third-order valence-corrected chi connectivity index (χ3v) is 3.95. The maximum Gasteiger partial charge on any atom is 0.323 e. The summed E-state index contributed by atoms with van der Waals surface area (Å²) < 4.78 is 5.17. The molecule has 0 radical (unpaired) electrons. The first-order chi connectivity index (χ1) is 8.51. The van der Waals surface area contributed by atoms with E-state index in [0.29, 0.717) is 12.3 Å². The van der Waals surface area contributed by atoms with E-state index in [2.05, 4.69) is 10.2 Å². The van der Waals surface area contributed by atoms with Crippen LogP contribution in [0.3, 0.4) is 0 Å². The molecule has 0 aliphatic carbocycles. The van der Waals surface area contributed by atoms with Crippen LogP contribution in [-0.2, 0) is 9.53 Å². The van der Waals surface area contributed by atoms with Gasteiger partial charge in [0, 0.05) is 13.7 Å². The molecule has 0 amide bonds. The van der Waals surface area contributed by atoms with Gasteiger partial charge in [0.1, 0.15) is 5.54 Å². The number of rotatable bonds is 8. The highest BCUT2D eigenvalue weighted by Gasteiger charge is 2.31. The molecule has 0 aromatic heterocycles. The average Bonchev–Trinajstić information content (AvgIpc) is 2.77. The number of likely N-dealkylation sites (tertiary alicyclic amines) is 1. The largest absolute Gasteiger partial charge is 0.480 e. The van der Waals surface area contributed by atoms with Crippen LogP contribution in [0.25, 0.3) is 0 Å². The lowest BCUT2D eigenvalue weighted by atomic mass is 9.96. The second-order valence-electron chi connectivity index (χ2n) is 5.40. The summed E-state index contributed by atoms with van der Waals surface area (Å²) in [5.74, 6) is -0.131. The highest BCUT2D eigenvalue weighted by molar-refractivity contribution is 5.78. The average molecular weight is 258 g/mol. The van der Waals surface area contributed by atoms with Gasteiger partial charge >= 0.3 is 5.97 Å². The first-order valence-corrected chi connectivity index (χ1v) is 6.65. The van der Waals surface area contributed by atoms with Crippen molar-refractivity contribution in [3.05, 3.63) is 0 Å². The van der Waals surface area contributed by atoms with Crippen molar-refractivity contribution < 1.29 is 14.6 Å². The summed E-state index contributed by atoms with van der Waals surface area (Å²) in [4.78, 5) is 13.5. The summed E-state index contributed by atoms with van der Waals surface area (Å²) in [6.45, 7) is 5.74. The Morgan fingerprint density at radius 1 is 1.61 bits per heavy atom. The van der Waals surface area contributed by atoms with Crippen molar-refractivity contribution in [2.24, 2.45) is 5.92 Å². The zero-order valence-electron chi connectivity index (χ0n) is 11.7. The molecule has 2 N–H and O–H groups in total. The lowest BCUT2D eigenvalue weighted by Crippen LogP contribution is -2.47. The molecule has 2 unspecified atom stereocenters. The van der Waals surface area contributed by atoms with E-state index >= 15 is 0 Å². The minimum Gasteiger partial charge on any atom is -0.480 e. The first kappa shape index (κ1) is 15.4. The van der Waals surface area contributed by atoms with Gasteiger partial charge in [0.2, 0.25) is 0 Å². The molecule has 0 saturated carbocycles. The Kier molecular flexibility index (Phi) is 6.05. The van der Waals surface area contributed by atoms with Crippen molar-refractivity contribution in [3.8, 4) is 0 Å².